The Kier molecular flexibility index (Phi) is 5.36. The fourth-order valence-electron chi connectivity index (χ4n) is 4.82. The molecule has 1 unspecified atom stereocenters. The van der Waals surface area contributed by atoms with Crippen molar-refractivity contribution in [3.63, 3.8) is 0 Å². The highest BCUT2D eigenvalue weighted by molar-refractivity contribution is 7.09. The molecule has 2 aliphatic heterocycles. The Balaban J connectivity index is 1.23. The standard InChI is InChI=1S/C25H27N5O3S/c1-15-22(34-14-26-15)9-11-30-19-8-10-29(13-18(19)23(28-30)24(31)27-17-6-7-17)25(32)21-12-16-4-2-3-5-20(16)33-21/h2-5,14,17,21H,6-13H2,1H3,(H,27,31). The number of hydrogen-bond acceptors (Lipinski definition) is 6. The van der Waals surface area contributed by atoms with E-state index in [9.17, 15) is 9.59 Å². The minimum absolute atomic E-state index is 0.0246. The van der Waals surface area contributed by atoms with Crippen LogP contribution in [0.15, 0.2) is 29.8 Å². The summed E-state index contributed by atoms with van der Waals surface area (Å²) < 4.78 is 7.92. The Labute approximate surface area is 201 Å². The zero-order valence-corrected chi connectivity index (χ0v) is 19.9. The lowest BCUT2D eigenvalue weighted by Gasteiger charge is -2.29. The van der Waals surface area contributed by atoms with Gasteiger partial charge in [0, 0.05) is 61.1 Å². The van der Waals surface area contributed by atoms with Gasteiger partial charge in [-0.3, -0.25) is 14.3 Å². The van der Waals surface area contributed by atoms with Gasteiger partial charge in [-0.05, 0) is 31.4 Å². The molecular weight excluding hydrogens is 450 g/mol. The van der Waals surface area contributed by atoms with Gasteiger partial charge in [-0.15, -0.1) is 11.3 Å². The van der Waals surface area contributed by atoms with E-state index in [2.05, 4.69) is 10.3 Å². The molecule has 0 radical (unpaired) electrons. The molecule has 0 bridgehead atoms. The molecule has 2 aromatic heterocycles. The van der Waals surface area contributed by atoms with Gasteiger partial charge in [0.05, 0.1) is 11.2 Å². The number of rotatable bonds is 6. The minimum atomic E-state index is -0.507. The van der Waals surface area contributed by atoms with Crippen LogP contribution in [0.4, 0.5) is 0 Å². The van der Waals surface area contributed by atoms with Gasteiger partial charge >= 0.3 is 0 Å². The molecule has 1 aliphatic carbocycles. The van der Waals surface area contributed by atoms with Crippen molar-refractivity contribution in [3.05, 3.63) is 62.9 Å². The number of aryl methyl sites for hydroxylation is 3. The molecule has 9 heteroatoms. The van der Waals surface area contributed by atoms with Gasteiger partial charge in [0.15, 0.2) is 11.8 Å². The molecule has 0 saturated heterocycles. The number of amides is 2. The van der Waals surface area contributed by atoms with Crippen LogP contribution in [0.5, 0.6) is 5.75 Å². The highest BCUT2D eigenvalue weighted by Gasteiger charge is 2.37. The van der Waals surface area contributed by atoms with Crippen LogP contribution in [0, 0.1) is 6.92 Å². The second kappa shape index (κ2) is 8.54. The number of thiazole rings is 1. The van der Waals surface area contributed by atoms with Gasteiger partial charge in [-0.25, -0.2) is 4.98 Å². The smallest absolute Gasteiger partial charge is 0.272 e. The largest absolute Gasteiger partial charge is 0.480 e. The first-order valence-corrected chi connectivity index (χ1v) is 12.8. The average Bonchev–Trinajstić information content (AvgIpc) is 3.25. The fourth-order valence-corrected chi connectivity index (χ4v) is 5.60. The number of ether oxygens (including phenoxy) is 1. The summed E-state index contributed by atoms with van der Waals surface area (Å²) in [5.74, 6) is 0.628. The summed E-state index contributed by atoms with van der Waals surface area (Å²) in [4.78, 5) is 33.8. The molecule has 1 fully saturated rings. The molecule has 176 valence electrons. The van der Waals surface area contributed by atoms with E-state index in [1.807, 2.05) is 46.3 Å². The number of carbonyl (C=O) groups excluding carboxylic acids is 2. The second-order valence-corrected chi connectivity index (χ2v) is 10.2. The first-order valence-electron chi connectivity index (χ1n) is 11.9. The van der Waals surface area contributed by atoms with Crippen LogP contribution in [0.3, 0.4) is 0 Å². The lowest BCUT2D eigenvalue weighted by atomic mass is 10.0. The zero-order valence-electron chi connectivity index (χ0n) is 19.1. The van der Waals surface area contributed by atoms with E-state index in [0.29, 0.717) is 38.2 Å². The topological polar surface area (TPSA) is 89.4 Å². The Bertz CT molecular complexity index is 1240. The number of benzene rings is 1. The van der Waals surface area contributed by atoms with Crippen LogP contribution in [0.1, 0.15) is 50.7 Å². The van der Waals surface area contributed by atoms with Gasteiger partial charge in [0.25, 0.3) is 11.8 Å². The quantitative estimate of drug-likeness (QED) is 0.590. The molecule has 3 aliphatic rings. The SMILES string of the molecule is Cc1ncsc1CCn1nc(C(=O)NC2CC2)c2c1CCN(C(=O)C1Cc3ccccc3O1)C2. The van der Waals surface area contributed by atoms with Crippen LogP contribution in [-0.2, 0) is 37.1 Å². The summed E-state index contributed by atoms with van der Waals surface area (Å²) in [5.41, 5.74) is 6.36. The fraction of sp³-hybridized carbons (Fsp3) is 0.440. The number of fused-ring (bicyclic) bond motifs is 2. The van der Waals surface area contributed by atoms with E-state index in [-0.39, 0.29) is 17.9 Å². The van der Waals surface area contributed by atoms with E-state index in [1.165, 1.54) is 4.88 Å². The number of para-hydroxylation sites is 1. The number of aromatic nitrogens is 3. The molecule has 2 amide bonds. The number of nitrogens with one attached hydrogen (secondary N) is 1. The summed E-state index contributed by atoms with van der Waals surface area (Å²) in [6, 6.07) is 8.05. The highest BCUT2D eigenvalue weighted by Crippen LogP contribution is 2.31. The van der Waals surface area contributed by atoms with Gasteiger partial charge < -0.3 is 15.0 Å². The molecule has 8 nitrogen and oxygen atoms in total. The molecule has 1 aromatic carbocycles. The van der Waals surface area contributed by atoms with Gasteiger partial charge in [-0.2, -0.15) is 5.10 Å². The van der Waals surface area contributed by atoms with Gasteiger partial charge in [0.1, 0.15) is 5.75 Å². The zero-order chi connectivity index (χ0) is 23.2. The van der Waals surface area contributed by atoms with Crippen LogP contribution in [0.2, 0.25) is 0 Å². The van der Waals surface area contributed by atoms with E-state index >= 15 is 0 Å². The summed E-state index contributed by atoms with van der Waals surface area (Å²) >= 11 is 1.65. The monoisotopic (exact) mass is 477 g/mol. The summed E-state index contributed by atoms with van der Waals surface area (Å²) in [6.07, 6.45) is 3.61. The molecule has 6 rings (SSSR count). The van der Waals surface area contributed by atoms with Crippen molar-refractivity contribution in [2.45, 2.75) is 64.3 Å². The van der Waals surface area contributed by atoms with Crippen molar-refractivity contribution in [1.82, 2.24) is 25.0 Å². The predicted molar refractivity (Wildman–Crippen MR) is 127 cm³/mol. The first-order chi connectivity index (χ1) is 16.6. The number of nitrogens with zero attached hydrogens (tertiary/aromatic N) is 4. The highest BCUT2D eigenvalue weighted by atomic mass is 32.1. The van der Waals surface area contributed by atoms with Crippen LogP contribution >= 0.6 is 11.3 Å². The molecular formula is C25H27N5O3S. The van der Waals surface area contributed by atoms with Crippen LogP contribution < -0.4 is 10.1 Å². The maximum atomic E-state index is 13.3. The number of hydrogen-bond donors (Lipinski definition) is 1. The molecule has 1 N–H and O–H groups in total. The Hall–Kier alpha value is -3.20. The third kappa shape index (κ3) is 3.98. The van der Waals surface area contributed by atoms with Crippen molar-refractivity contribution < 1.29 is 14.3 Å². The van der Waals surface area contributed by atoms with E-state index < -0.39 is 6.10 Å². The van der Waals surface area contributed by atoms with Gasteiger partial charge in [0.2, 0.25) is 0 Å². The first kappa shape index (κ1) is 21.3. The molecule has 3 aromatic rings. The van der Waals surface area contributed by atoms with Crippen LogP contribution in [0.25, 0.3) is 0 Å². The van der Waals surface area contributed by atoms with Crippen LogP contribution in [-0.4, -0.2) is 50.2 Å². The van der Waals surface area contributed by atoms with Crippen molar-refractivity contribution in [1.29, 1.82) is 0 Å². The third-order valence-electron chi connectivity index (χ3n) is 6.89. The second-order valence-electron chi connectivity index (χ2n) is 9.28. The minimum Gasteiger partial charge on any atom is -0.480 e. The molecule has 1 saturated carbocycles. The van der Waals surface area contributed by atoms with E-state index in [1.54, 1.807) is 11.3 Å². The predicted octanol–water partition coefficient (Wildman–Crippen LogP) is 2.67. The van der Waals surface area contributed by atoms with Crippen molar-refractivity contribution in [2.24, 2.45) is 0 Å². The average molecular weight is 478 g/mol. The Morgan fingerprint density at radius 3 is 2.88 bits per heavy atom. The summed E-state index contributed by atoms with van der Waals surface area (Å²) in [6.45, 7) is 3.69. The summed E-state index contributed by atoms with van der Waals surface area (Å²) in [5, 5.41) is 7.82. The molecule has 1 atom stereocenters. The normalized spacial score (nSPS) is 18.9. The lowest BCUT2D eigenvalue weighted by molar-refractivity contribution is -0.138. The Morgan fingerprint density at radius 2 is 2.12 bits per heavy atom. The van der Waals surface area contributed by atoms with Crippen molar-refractivity contribution >= 4 is 23.2 Å². The lowest BCUT2D eigenvalue weighted by Crippen LogP contribution is -2.44. The maximum Gasteiger partial charge on any atom is 0.272 e. The van der Waals surface area contributed by atoms with Crippen molar-refractivity contribution in [2.75, 3.05) is 6.54 Å². The number of carbonyl (C=O) groups is 2. The van der Waals surface area contributed by atoms with Gasteiger partial charge in [-0.1, -0.05) is 18.2 Å². The molecule has 0 spiro atoms. The molecule has 4 heterocycles. The molecule has 34 heavy (non-hydrogen) atoms. The summed E-state index contributed by atoms with van der Waals surface area (Å²) in [7, 11) is 0. The van der Waals surface area contributed by atoms with Crippen molar-refractivity contribution in [3.8, 4) is 5.75 Å². The maximum absolute atomic E-state index is 13.3. The van der Waals surface area contributed by atoms with E-state index in [4.69, 9.17) is 9.84 Å². The Morgan fingerprint density at radius 1 is 1.26 bits per heavy atom. The van der Waals surface area contributed by atoms with E-state index in [0.717, 1.165) is 47.5 Å². The third-order valence-corrected chi connectivity index (χ3v) is 7.89.